The Bertz CT molecular complexity index is 1150. The fraction of sp³-hybridized carbons (Fsp3) is 0.0556. The second-order valence-corrected chi connectivity index (χ2v) is 5.62. The average molecular weight is 349 g/mol. The summed E-state index contributed by atoms with van der Waals surface area (Å²) in [6.07, 6.45) is 1.29. The van der Waals surface area contributed by atoms with Crippen LogP contribution >= 0.6 is 0 Å². The van der Waals surface area contributed by atoms with Crippen LogP contribution in [0.1, 0.15) is 10.4 Å². The Morgan fingerprint density at radius 1 is 1.04 bits per heavy atom. The molecule has 0 N–H and O–H groups in total. The molecule has 26 heavy (non-hydrogen) atoms. The molecule has 128 valence electrons. The Labute approximate surface area is 146 Å². The SMILES string of the molecule is O=C(Cn1cnc2c(nnn2-c2ccc(F)cc2)c1=O)c1ccccc1. The van der Waals surface area contributed by atoms with E-state index < -0.39 is 5.56 Å². The minimum atomic E-state index is -0.465. The highest BCUT2D eigenvalue weighted by Gasteiger charge is 2.15. The lowest BCUT2D eigenvalue weighted by molar-refractivity contribution is 0.0970. The van der Waals surface area contributed by atoms with Gasteiger partial charge in [-0.2, -0.15) is 4.68 Å². The van der Waals surface area contributed by atoms with E-state index in [0.717, 1.165) is 0 Å². The zero-order chi connectivity index (χ0) is 18.1. The van der Waals surface area contributed by atoms with Crippen molar-refractivity contribution in [3.63, 3.8) is 0 Å². The summed E-state index contributed by atoms with van der Waals surface area (Å²) in [7, 11) is 0. The fourth-order valence-corrected chi connectivity index (χ4v) is 2.58. The van der Waals surface area contributed by atoms with E-state index in [1.165, 1.54) is 39.8 Å². The number of carbonyl (C=O) groups excluding carboxylic acids is 1. The third kappa shape index (κ3) is 2.77. The summed E-state index contributed by atoms with van der Waals surface area (Å²) in [6.45, 7) is -0.144. The van der Waals surface area contributed by atoms with Crippen LogP contribution in [-0.4, -0.2) is 30.3 Å². The summed E-state index contributed by atoms with van der Waals surface area (Å²) in [5.41, 5.74) is 0.851. The number of hydrogen-bond donors (Lipinski definition) is 0. The van der Waals surface area contributed by atoms with Gasteiger partial charge in [0.2, 0.25) is 0 Å². The largest absolute Gasteiger partial charge is 0.292 e. The summed E-state index contributed by atoms with van der Waals surface area (Å²) in [4.78, 5) is 29.1. The number of fused-ring (bicyclic) bond motifs is 1. The molecule has 2 aromatic heterocycles. The van der Waals surface area contributed by atoms with Gasteiger partial charge in [-0.05, 0) is 24.3 Å². The van der Waals surface area contributed by atoms with Crippen LogP contribution in [0.3, 0.4) is 0 Å². The maximum atomic E-state index is 13.1. The highest BCUT2D eigenvalue weighted by molar-refractivity contribution is 5.95. The van der Waals surface area contributed by atoms with Gasteiger partial charge in [-0.25, -0.2) is 9.37 Å². The molecular formula is C18H12FN5O2. The van der Waals surface area contributed by atoms with Gasteiger partial charge in [0.25, 0.3) is 5.56 Å². The zero-order valence-electron chi connectivity index (χ0n) is 13.4. The molecule has 0 amide bonds. The standard InChI is InChI=1S/C18H12FN5O2/c19-13-6-8-14(9-7-13)24-17-16(21-22-24)18(26)23(11-20-17)10-15(25)12-4-2-1-3-5-12/h1-9,11H,10H2. The van der Waals surface area contributed by atoms with Crippen LogP contribution < -0.4 is 5.56 Å². The van der Waals surface area contributed by atoms with Crippen LogP contribution in [0.15, 0.2) is 65.7 Å². The molecular weight excluding hydrogens is 337 g/mol. The van der Waals surface area contributed by atoms with Crippen LogP contribution in [0.25, 0.3) is 16.9 Å². The van der Waals surface area contributed by atoms with E-state index in [2.05, 4.69) is 15.3 Å². The van der Waals surface area contributed by atoms with E-state index in [1.54, 1.807) is 24.3 Å². The third-order valence-electron chi connectivity index (χ3n) is 3.91. The van der Waals surface area contributed by atoms with Crippen molar-refractivity contribution in [2.45, 2.75) is 6.54 Å². The normalized spacial score (nSPS) is 11.0. The topological polar surface area (TPSA) is 82.7 Å². The monoisotopic (exact) mass is 349 g/mol. The van der Waals surface area contributed by atoms with Gasteiger partial charge in [-0.1, -0.05) is 35.5 Å². The molecule has 8 heteroatoms. The number of rotatable bonds is 4. The quantitative estimate of drug-likeness (QED) is 0.526. The molecule has 4 rings (SSSR count). The van der Waals surface area contributed by atoms with Gasteiger partial charge in [0.15, 0.2) is 16.9 Å². The third-order valence-corrected chi connectivity index (χ3v) is 3.91. The summed E-state index contributed by atoms with van der Waals surface area (Å²) >= 11 is 0. The van der Waals surface area contributed by atoms with Gasteiger partial charge in [-0.3, -0.25) is 14.2 Å². The molecule has 0 atom stereocenters. The predicted octanol–water partition coefficient (Wildman–Crippen LogP) is 2.00. The smallest absolute Gasteiger partial charge is 0.283 e. The maximum Gasteiger partial charge on any atom is 0.283 e. The first kappa shape index (κ1) is 15.8. The summed E-state index contributed by atoms with van der Waals surface area (Å²) in [5, 5.41) is 7.79. The van der Waals surface area contributed by atoms with Crippen molar-refractivity contribution in [2.24, 2.45) is 0 Å². The minimum Gasteiger partial charge on any atom is -0.292 e. The summed E-state index contributed by atoms with van der Waals surface area (Å²) in [5.74, 6) is -0.590. The molecule has 0 aliphatic heterocycles. The second-order valence-electron chi connectivity index (χ2n) is 5.62. The van der Waals surface area contributed by atoms with E-state index in [-0.39, 0.29) is 29.3 Å². The van der Waals surface area contributed by atoms with Crippen LogP contribution in [-0.2, 0) is 6.54 Å². The van der Waals surface area contributed by atoms with E-state index in [0.29, 0.717) is 11.3 Å². The van der Waals surface area contributed by atoms with Gasteiger partial charge in [0.1, 0.15) is 12.1 Å². The predicted molar refractivity (Wildman–Crippen MR) is 91.7 cm³/mol. The first-order valence-electron chi connectivity index (χ1n) is 7.78. The van der Waals surface area contributed by atoms with Gasteiger partial charge in [-0.15, -0.1) is 5.10 Å². The van der Waals surface area contributed by atoms with Crippen molar-refractivity contribution in [1.29, 1.82) is 0 Å². The summed E-state index contributed by atoms with van der Waals surface area (Å²) < 4.78 is 15.6. The Morgan fingerprint density at radius 2 is 1.77 bits per heavy atom. The number of nitrogens with zero attached hydrogens (tertiary/aromatic N) is 5. The van der Waals surface area contributed by atoms with Gasteiger partial charge < -0.3 is 0 Å². The molecule has 0 radical (unpaired) electrons. The number of ketones is 1. The number of carbonyl (C=O) groups is 1. The lowest BCUT2D eigenvalue weighted by Crippen LogP contribution is -2.25. The van der Waals surface area contributed by atoms with E-state index in [9.17, 15) is 14.0 Å². The Balaban J connectivity index is 1.71. The Morgan fingerprint density at radius 3 is 2.50 bits per heavy atom. The maximum absolute atomic E-state index is 13.1. The van der Waals surface area contributed by atoms with E-state index in [4.69, 9.17) is 0 Å². The Hall–Kier alpha value is -3.68. The molecule has 0 saturated carbocycles. The molecule has 0 spiro atoms. The first-order chi connectivity index (χ1) is 12.6. The Kier molecular flexibility index (Phi) is 3.85. The van der Waals surface area contributed by atoms with Gasteiger partial charge in [0.05, 0.1) is 12.2 Å². The zero-order valence-corrected chi connectivity index (χ0v) is 13.4. The molecule has 4 aromatic rings. The molecule has 7 nitrogen and oxygen atoms in total. The molecule has 0 aliphatic rings. The highest BCUT2D eigenvalue weighted by atomic mass is 19.1. The van der Waals surface area contributed by atoms with Gasteiger partial charge in [0, 0.05) is 5.56 Å². The lowest BCUT2D eigenvalue weighted by Gasteiger charge is -2.05. The number of halogens is 1. The number of benzene rings is 2. The highest BCUT2D eigenvalue weighted by Crippen LogP contribution is 2.12. The van der Waals surface area contributed by atoms with Crippen LogP contribution in [0.4, 0.5) is 4.39 Å². The molecule has 0 aliphatic carbocycles. The molecule has 2 aromatic carbocycles. The molecule has 0 bridgehead atoms. The van der Waals surface area contributed by atoms with Crippen molar-refractivity contribution in [1.82, 2.24) is 24.5 Å². The van der Waals surface area contributed by atoms with Crippen LogP contribution in [0, 0.1) is 5.82 Å². The number of Topliss-reactive ketones (excluding diaryl/α,β-unsaturated/α-hetero) is 1. The molecule has 0 unspecified atom stereocenters. The van der Waals surface area contributed by atoms with Crippen molar-refractivity contribution in [3.05, 3.63) is 82.7 Å². The average Bonchev–Trinajstić information content (AvgIpc) is 3.10. The van der Waals surface area contributed by atoms with Gasteiger partial charge >= 0.3 is 0 Å². The fourth-order valence-electron chi connectivity index (χ4n) is 2.58. The number of hydrogen-bond acceptors (Lipinski definition) is 5. The molecule has 2 heterocycles. The first-order valence-corrected chi connectivity index (χ1v) is 7.78. The molecule has 0 fully saturated rings. The van der Waals surface area contributed by atoms with E-state index in [1.807, 2.05) is 6.07 Å². The summed E-state index contributed by atoms with van der Waals surface area (Å²) in [6, 6.07) is 14.3. The van der Waals surface area contributed by atoms with Crippen molar-refractivity contribution < 1.29 is 9.18 Å². The lowest BCUT2D eigenvalue weighted by atomic mass is 10.1. The van der Waals surface area contributed by atoms with E-state index >= 15 is 0 Å². The molecule has 0 saturated heterocycles. The minimum absolute atomic E-state index is 0.0395. The number of aromatic nitrogens is 5. The van der Waals surface area contributed by atoms with Crippen LogP contribution in [0.2, 0.25) is 0 Å². The van der Waals surface area contributed by atoms with Crippen molar-refractivity contribution in [3.8, 4) is 5.69 Å². The van der Waals surface area contributed by atoms with Crippen molar-refractivity contribution in [2.75, 3.05) is 0 Å². The second kappa shape index (κ2) is 6.32. The van der Waals surface area contributed by atoms with Crippen LogP contribution in [0.5, 0.6) is 0 Å². The van der Waals surface area contributed by atoms with Crippen molar-refractivity contribution >= 4 is 16.9 Å².